The maximum absolute atomic E-state index is 13.4. The molecule has 0 atom stereocenters. The van der Waals surface area contributed by atoms with Gasteiger partial charge in [-0.05, 0) is 34.0 Å². The normalized spacial score (nSPS) is 10.8. The summed E-state index contributed by atoms with van der Waals surface area (Å²) in [7, 11) is 0. The number of nitrogens with zero attached hydrogens (tertiary/aromatic N) is 1. The lowest BCUT2D eigenvalue weighted by molar-refractivity contribution is 0.619. The zero-order valence-electron chi connectivity index (χ0n) is 11.0. The number of aromatic nitrogens is 2. The standard InChI is InChI=1S/C14H14BrFN2OS/c1-2-4-10-7-12(19)18-14(17-10)20-8-9-5-3-6-11(16)13(9)15/h3,5-7H,2,4,8H2,1H3,(H,17,18,19). The van der Waals surface area contributed by atoms with Crippen molar-refractivity contribution in [3.63, 3.8) is 0 Å². The number of nitrogens with one attached hydrogen (secondary N) is 1. The molecule has 1 N–H and O–H groups in total. The summed E-state index contributed by atoms with van der Waals surface area (Å²) in [6.07, 6.45) is 1.72. The molecular weight excluding hydrogens is 343 g/mol. The fourth-order valence-electron chi connectivity index (χ4n) is 1.74. The minimum atomic E-state index is -0.288. The molecule has 0 fully saturated rings. The third-order valence-electron chi connectivity index (χ3n) is 2.68. The maximum atomic E-state index is 13.4. The maximum Gasteiger partial charge on any atom is 0.251 e. The van der Waals surface area contributed by atoms with Crippen LogP contribution in [-0.2, 0) is 12.2 Å². The van der Waals surface area contributed by atoms with Crippen LogP contribution in [0.1, 0.15) is 24.6 Å². The summed E-state index contributed by atoms with van der Waals surface area (Å²) in [5.74, 6) is 0.251. The van der Waals surface area contributed by atoms with E-state index in [1.54, 1.807) is 6.07 Å². The van der Waals surface area contributed by atoms with Crippen molar-refractivity contribution in [1.29, 1.82) is 0 Å². The van der Waals surface area contributed by atoms with E-state index < -0.39 is 0 Å². The highest BCUT2D eigenvalue weighted by Crippen LogP contribution is 2.26. The summed E-state index contributed by atoms with van der Waals surface area (Å²) >= 11 is 4.61. The third kappa shape index (κ3) is 3.93. The Kier molecular flexibility index (Phi) is 5.37. The third-order valence-corrected chi connectivity index (χ3v) is 4.49. The second-order valence-electron chi connectivity index (χ2n) is 4.29. The first-order chi connectivity index (χ1) is 9.60. The van der Waals surface area contributed by atoms with Crippen molar-refractivity contribution < 1.29 is 4.39 Å². The topological polar surface area (TPSA) is 45.8 Å². The highest BCUT2D eigenvalue weighted by molar-refractivity contribution is 9.10. The van der Waals surface area contributed by atoms with Gasteiger partial charge in [0.05, 0.1) is 4.47 Å². The molecule has 0 saturated carbocycles. The van der Waals surface area contributed by atoms with Gasteiger partial charge in [-0.1, -0.05) is 37.2 Å². The molecule has 106 valence electrons. The van der Waals surface area contributed by atoms with Gasteiger partial charge in [-0.25, -0.2) is 9.37 Å². The van der Waals surface area contributed by atoms with E-state index in [9.17, 15) is 9.18 Å². The summed E-state index contributed by atoms with van der Waals surface area (Å²) in [5, 5.41) is 0.567. The highest BCUT2D eigenvalue weighted by Gasteiger charge is 2.07. The molecule has 0 amide bonds. The summed E-state index contributed by atoms with van der Waals surface area (Å²) in [4.78, 5) is 18.6. The van der Waals surface area contributed by atoms with Gasteiger partial charge in [0.25, 0.3) is 5.56 Å². The molecule has 0 bridgehead atoms. The van der Waals surface area contributed by atoms with Crippen molar-refractivity contribution >= 4 is 27.7 Å². The first-order valence-corrected chi connectivity index (χ1v) is 8.04. The van der Waals surface area contributed by atoms with Gasteiger partial charge in [0.15, 0.2) is 5.16 Å². The van der Waals surface area contributed by atoms with E-state index in [-0.39, 0.29) is 11.4 Å². The molecule has 1 aromatic carbocycles. The van der Waals surface area contributed by atoms with E-state index in [2.05, 4.69) is 25.9 Å². The minimum absolute atomic E-state index is 0.149. The molecule has 6 heteroatoms. The summed E-state index contributed by atoms with van der Waals surface area (Å²) in [5.41, 5.74) is 1.47. The van der Waals surface area contributed by atoms with E-state index in [1.165, 1.54) is 23.9 Å². The van der Waals surface area contributed by atoms with Crippen molar-refractivity contribution in [1.82, 2.24) is 9.97 Å². The molecule has 1 aromatic heterocycles. The summed E-state index contributed by atoms with van der Waals surface area (Å²) < 4.78 is 13.9. The van der Waals surface area contributed by atoms with Crippen LogP contribution >= 0.6 is 27.7 Å². The monoisotopic (exact) mass is 356 g/mol. The van der Waals surface area contributed by atoms with Crippen LogP contribution in [-0.4, -0.2) is 9.97 Å². The van der Waals surface area contributed by atoms with Crippen LogP contribution in [0.4, 0.5) is 4.39 Å². The zero-order chi connectivity index (χ0) is 14.5. The summed E-state index contributed by atoms with van der Waals surface area (Å²) in [6, 6.07) is 6.43. The number of halogens is 2. The molecule has 2 aromatic rings. The molecular formula is C14H14BrFN2OS. The molecule has 0 unspecified atom stereocenters. The Labute approximate surface area is 129 Å². The first-order valence-electron chi connectivity index (χ1n) is 6.26. The lowest BCUT2D eigenvalue weighted by Gasteiger charge is -2.06. The Balaban J connectivity index is 2.14. The number of aromatic amines is 1. The lowest BCUT2D eigenvalue weighted by atomic mass is 10.2. The molecule has 0 radical (unpaired) electrons. The SMILES string of the molecule is CCCc1cc(=O)[nH]c(SCc2cccc(F)c2Br)n1. The van der Waals surface area contributed by atoms with Crippen LogP contribution in [0.5, 0.6) is 0 Å². The van der Waals surface area contributed by atoms with E-state index in [4.69, 9.17) is 0 Å². The number of thioether (sulfide) groups is 1. The van der Waals surface area contributed by atoms with Crippen LogP contribution in [0, 0.1) is 5.82 Å². The van der Waals surface area contributed by atoms with E-state index in [0.29, 0.717) is 15.4 Å². The number of hydrogen-bond acceptors (Lipinski definition) is 3. The van der Waals surface area contributed by atoms with Gasteiger partial charge in [-0.2, -0.15) is 0 Å². The van der Waals surface area contributed by atoms with Crippen molar-refractivity contribution in [2.75, 3.05) is 0 Å². The fourth-order valence-corrected chi connectivity index (χ4v) is 3.22. The summed E-state index contributed by atoms with van der Waals surface area (Å²) in [6.45, 7) is 2.04. The molecule has 0 aliphatic rings. The van der Waals surface area contributed by atoms with Crippen LogP contribution in [0.15, 0.2) is 38.7 Å². The lowest BCUT2D eigenvalue weighted by Crippen LogP contribution is -2.10. The van der Waals surface area contributed by atoms with Gasteiger partial charge in [-0.3, -0.25) is 4.79 Å². The Morgan fingerprint density at radius 3 is 3.00 bits per heavy atom. The largest absolute Gasteiger partial charge is 0.301 e. The van der Waals surface area contributed by atoms with E-state index in [0.717, 1.165) is 24.1 Å². The van der Waals surface area contributed by atoms with Gasteiger partial charge >= 0.3 is 0 Å². The number of rotatable bonds is 5. The van der Waals surface area contributed by atoms with Crippen molar-refractivity contribution in [2.24, 2.45) is 0 Å². The molecule has 0 aliphatic heterocycles. The number of aryl methyl sites for hydroxylation is 1. The minimum Gasteiger partial charge on any atom is -0.301 e. The zero-order valence-corrected chi connectivity index (χ0v) is 13.4. The Hall–Kier alpha value is -1.14. The van der Waals surface area contributed by atoms with Gasteiger partial charge in [0, 0.05) is 17.5 Å². The predicted molar refractivity (Wildman–Crippen MR) is 82.5 cm³/mol. The van der Waals surface area contributed by atoms with Gasteiger partial charge in [-0.15, -0.1) is 0 Å². The molecule has 20 heavy (non-hydrogen) atoms. The van der Waals surface area contributed by atoms with E-state index >= 15 is 0 Å². The highest BCUT2D eigenvalue weighted by atomic mass is 79.9. The number of benzene rings is 1. The molecule has 2 rings (SSSR count). The van der Waals surface area contributed by atoms with Crippen molar-refractivity contribution in [2.45, 2.75) is 30.7 Å². The Bertz CT molecular complexity index is 660. The smallest absolute Gasteiger partial charge is 0.251 e. The second-order valence-corrected chi connectivity index (χ2v) is 6.05. The Morgan fingerprint density at radius 2 is 2.25 bits per heavy atom. The molecule has 1 heterocycles. The predicted octanol–water partition coefficient (Wildman–Crippen LogP) is 3.92. The number of H-pyrrole nitrogens is 1. The van der Waals surface area contributed by atoms with Crippen LogP contribution in [0.25, 0.3) is 0 Å². The van der Waals surface area contributed by atoms with Crippen molar-refractivity contribution in [3.05, 3.63) is 56.2 Å². The molecule has 3 nitrogen and oxygen atoms in total. The van der Waals surface area contributed by atoms with E-state index in [1.807, 2.05) is 13.0 Å². The van der Waals surface area contributed by atoms with Crippen LogP contribution in [0.3, 0.4) is 0 Å². The van der Waals surface area contributed by atoms with Gasteiger partial charge < -0.3 is 4.98 Å². The van der Waals surface area contributed by atoms with Gasteiger partial charge in [0.2, 0.25) is 0 Å². The van der Waals surface area contributed by atoms with Crippen molar-refractivity contribution in [3.8, 4) is 0 Å². The Morgan fingerprint density at radius 1 is 1.45 bits per heavy atom. The average molecular weight is 357 g/mol. The van der Waals surface area contributed by atoms with Crippen LogP contribution < -0.4 is 5.56 Å². The average Bonchev–Trinajstić information content (AvgIpc) is 2.40. The van der Waals surface area contributed by atoms with Crippen LogP contribution in [0.2, 0.25) is 0 Å². The molecule has 0 spiro atoms. The second kappa shape index (κ2) is 7.04. The molecule has 0 saturated heterocycles. The fraction of sp³-hybridized carbons (Fsp3) is 0.286. The first kappa shape index (κ1) is 15.3. The quantitative estimate of drug-likeness (QED) is 0.652. The van der Waals surface area contributed by atoms with Gasteiger partial charge in [0.1, 0.15) is 5.82 Å². The molecule has 0 aliphatic carbocycles. The number of hydrogen-bond donors (Lipinski definition) is 1.